The molecule has 1 heterocycles. The molecule has 0 atom stereocenters. The summed E-state index contributed by atoms with van der Waals surface area (Å²) < 4.78 is 5.47. The van der Waals surface area contributed by atoms with Crippen LogP contribution in [-0.2, 0) is 6.42 Å². The number of benzene rings is 1. The van der Waals surface area contributed by atoms with Crippen LogP contribution in [0.15, 0.2) is 36.5 Å². The molecule has 4 N–H and O–H groups in total. The van der Waals surface area contributed by atoms with E-state index < -0.39 is 5.97 Å². The number of hydrogen-bond acceptors (Lipinski definition) is 5. The summed E-state index contributed by atoms with van der Waals surface area (Å²) >= 11 is 0. The first-order valence-corrected chi connectivity index (χ1v) is 5.97. The van der Waals surface area contributed by atoms with Gasteiger partial charge < -0.3 is 20.7 Å². The number of carboxylic acids is 1. The molecule has 0 amide bonds. The van der Waals surface area contributed by atoms with Crippen LogP contribution in [0, 0.1) is 0 Å². The van der Waals surface area contributed by atoms with Crippen molar-refractivity contribution in [3.05, 3.63) is 47.7 Å². The summed E-state index contributed by atoms with van der Waals surface area (Å²) in [6.45, 7) is 0.0787. The zero-order valence-electron chi connectivity index (χ0n) is 10.6. The Labute approximate surface area is 115 Å². The molecule has 0 saturated carbocycles. The summed E-state index contributed by atoms with van der Waals surface area (Å²) in [6.07, 6.45) is 1.89. The Hall–Kier alpha value is -2.60. The molecular weight excluding hydrogens is 260 g/mol. The van der Waals surface area contributed by atoms with Gasteiger partial charge in [-0.15, -0.1) is 0 Å². The van der Waals surface area contributed by atoms with E-state index in [9.17, 15) is 4.79 Å². The summed E-state index contributed by atoms with van der Waals surface area (Å²) in [6, 6.07) is 8.35. The van der Waals surface area contributed by atoms with Gasteiger partial charge in [-0.2, -0.15) is 0 Å². The molecule has 6 heteroatoms. The molecule has 0 radical (unpaired) electrons. The zero-order chi connectivity index (χ0) is 14.5. The van der Waals surface area contributed by atoms with E-state index in [1.807, 2.05) is 12.1 Å². The number of carbonyl (C=O) groups is 1. The highest BCUT2D eigenvalue weighted by Crippen LogP contribution is 2.27. The highest BCUT2D eigenvalue weighted by Gasteiger charge is 2.13. The molecule has 1 aromatic heterocycles. The number of carboxylic acid groups (broad SMARTS) is 1. The number of hydrogen-bond donors (Lipinski definition) is 3. The third-order valence-corrected chi connectivity index (χ3v) is 2.72. The van der Waals surface area contributed by atoms with Gasteiger partial charge in [0.15, 0.2) is 0 Å². The zero-order valence-corrected chi connectivity index (χ0v) is 10.6. The lowest BCUT2D eigenvalue weighted by molar-refractivity contribution is 0.0697. The predicted octanol–water partition coefficient (Wildman–Crippen LogP) is 1.69. The minimum absolute atomic E-state index is 0.0144. The van der Waals surface area contributed by atoms with Gasteiger partial charge in [0.2, 0.25) is 5.88 Å². The quantitative estimate of drug-likeness (QED) is 0.766. The first kappa shape index (κ1) is 13.8. The fourth-order valence-corrected chi connectivity index (χ4v) is 1.69. The Bertz CT molecular complexity index is 611. The number of rotatable bonds is 5. The van der Waals surface area contributed by atoms with E-state index in [-0.39, 0.29) is 23.7 Å². The third kappa shape index (κ3) is 3.04. The number of aromatic nitrogens is 1. The van der Waals surface area contributed by atoms with E-state index in [1.54, 1.807) is 12.1 Å². The number of aliphatic hydroxyl groups is 1. The average Bonchev–Trinajstić information content (AvgIpc) is 2.43. The smallest absolute Gasteiger partial charge is 0.338 e. The largest absolute Gasteiger partial charge is 0.478 e. The molecule has 0 fully saturated rings. The molecule has 104 valence electrons. The normalized spacial score (nSPS) is 10.2. The van der Waals surface area contributed by atoms with Crippen molar-refractivity contribution in [2.75, 3.05) is 12.3 Å². The van der Waals surface area contributed by atoms with Crippen LogP contribution in [0.25, 0.3) is 0 Å². The van der Waals surface area contributed by atoms with Crippen molar-refractivity contribution in [3.63, 3.8) is 0 Å². The van der Waals surface area contributed by atoms with Crippen molar-refractivity contribution in [3.8, 4) is 11.6 Å². The first-order chi connectivity index (χ1) is 9.61. The van der Waals surface area contributed by atoms with Gasteiger partial charge in [-0.05, 0) is 30.2 Å². The van der Waals surface area contributed by atoms with Crippen molar-refractivity contribution < 1.29 is 19.7 Å². The van der Waals surface area contributed by atoms with E-state index in [0.29, 0.717) is 12.2 Å². The Morgan fingerprint density at radius 3 is 2.55 bits per heavy atom. The summed E-state index contributed by atoms with van der Waals surface area (Å²) in [5, 5.41) is 17.8. The first-order valence-electron chi connectivity index (χ1n) is 5.97. The molecule has 2 rings (SSSR count). The highest BCUT2D eigenvalue weighted by atomic mass is 16.5. The van der Waals surface area contributed by atoms with Crippen molar-refractivity contribution in [1.82, 2.24) is 4.98 Å². The number of pyridine rings is 1. The summed E-state index contributed by atoms with van der Waals surface area (Å²) in [7, 11) is 0. The Balaban J connectivity index is 2.21. The minimum Gasteiger partial charge on any atom is -0.478 e. The number of nitrogens with zero attached hydrogens (tertiary/aromatic N) is 1. The van der Waals surface area contributed by atoms with Crippen molar-refractivity contribution in [2.24, 2.45) is 0 Å². The summed E-state index contributed by atoms with van der Waals surface area (Å²) in [4.78, 5) is 14.9. The maximum atomic E-state index is 11.0. The van der Waals surface area contributed by atoms with E-state index >= 15 is 0 Å². The molecule has 0 saturated heterocycles. The SMILES string of the molecule is Nc1c(C(=O)O)ccnc1Oc1ccc(CCO)cc1. The lowest BCUT2D eigenvalue weighted by Gasteiger charge is -2.09. The molecule has 1 aromatic carbocycles. The summed E-state index contributed by atoms with van der Waals surface area (Å²) in [5.41, 5.74) is 6.62. The van der Waals surface area contributed by atoms with Gasteiger partial charge >= 0.3 is 5.97 Å². The van der Waals surface area contributed by atoms with Crippen LogP contribution in [0.2, 0.25) is 0 Å². The van der Waals surface area contributed by atoms with E-state index in [2.05, 4.69) is 4.98 Å². The second-order valence-corrected chi connectivity index (χ2v) is 4.10. The second-order valence-electron chi connectivity index (χ2n) is 4.10. The van der Waals surface area contributed by atoms with Crippen LogP contribution >= 0.6 is 0 Å². The maximum Gasteiger partial charge on any atom is 0.338 e. The standard InChI is InChI=1S/C14H14N2O4/c15-12-11(14(18)19)5-7-16-13(12)20-10-3-1-9(2-4-10)6-8-17/h1-5,7,17H,6,8,15H2,(H,18,19). The molecule has 0 spiro atoms. The van der Waals surface area contributed by atoms with Crippen LogP contribution in [-0.4, -0.2) is 27.8 Å². The lowest BCUT2D eigenvalue weighted by atomic mass is 10.1. The fraction of sp³-hybridized carbons (Fsp3) is 0.143. The van der Waals surface area contributed by atoms with Gasteiger partial charge in [-0.3, -0.25) is 0 Å². The highest BCUT2D eigenvalue weighted by molar-refractivity contribution is 5.94. The molecule has 0 aliphatic rings. The van der Waals surface area contributed by atoms with Crippen LogP contribution in [0.3, 0.4) is 0 Å². The second kappa shape index (κ2) is 6.03. The number of anilines is 1. The van der Waals surface area contributed by atoms with E-state index in [4.69, 9.17) is 20.7 Å². The molecule has 6 nitrogen and oxygen atoms in total. The average molecular weight is 274 g/mol. The van der Waals surface area contributed by atoms with E-state index in [1.165, 1.54) is 12.3 Å². The van der Waals surface area contributed by atoms with Crippen molar-refractivity contribution in [1.29, 1.82) is 0 Å². The van der Waals surface area contributed by atoms with Crippen LogP contribution in [0.4, 0.5) is 5.69 Å². The van der Waals surface area contributed by atoms with Gasteiger partial charge in [0.25, 0.3) is 0 Å². The van der Waals surface area contributed by atoms with Crippen LogP contribution in [0.5, 0.6) is 11.6 Å². The van der Waals surface area contributed by atoms with E-state index in [0.717, 1.165) is 5.56 Å². The molecule has 0 aliphatic carbocycles. The van der Waals surface area contributed by atoms with Crippen molar-refractivity contribution in [2.45, 2.75) is 6.42 Å². The number of aromatic carboxylic acids is 1. The third-order valence-electron chi connectivity index (χ3n) is 2.72. The number of aliphatic hydroxyl groups excluding tert-OH is 1. The van der Waals surface area contributed by atoms with Gasteiger partial charge in [0, 0.05) is 12.8 Å². The molecular formula is C14H14N2O4. The number of nitrogen functional groups attached to an aromatic ring is 1. The predicted molar refractivity (Wildman–Crippen MR) is 72.9 cm³/mol. The topological polar surface area (TPSA) is 106 Å². The Morgan fingerprint density at radius 2 is 1.95 bits per heavy atom. The van der Waals surface area contributed by atoms with Gasteiger partial charge in [-0.1, -0.05) is 12.1 Å². The maximum absolute atomic E-state index is 11.0. The monoisotopic (exact) mass is 274 g/mol. The van der Waals surface area contributed by atoms with Gasteiger partial charge in [0.1, 0.15) is 11.4 Å². The number of nitrogens with two attached hydrogens (primary N) is 1. The molecule has 2 aromatic rings. The van der Waals surface area contributed by atoms with Gasteiger partial charge in [0.05, 0.1) is 5.56 Å². The summed E-state index contributed by atoms with van der Waals surface area (Å²) in [5.74, 6) is -0.582. The number of ether oxygens (including phenoxy) is 1. The molecule has 20 heavy (non-hydrogen) atoms. The molecule has 0 aliphatic heterocycles. The molecule has 0 bridgehead atoms. The lowest BCUT2D eigenvalue weighted by Crippen LogP contribution is -2.05. The Morgan fingerprint density at radius 1 is 1.25 bits per heavy atom. The molecule has 0 unspecified atom stereocenters. The van der Waals surface area contributed by atoms with Crippen LogP contribution < -0.4 is 10.5 Å². The Kier molecular flexibility index (Phi) is 4.17. The van der Waals surface area contributed by atoms with Crippen LogP contribution in [0.1, 0.15) is 15.9 Å². The minimum atomic E-state index is -1.13. The van der Waals surface area contributed by atoms with Crippen molar-refractivity contribution >= 4 is 11.7 Å². The fourth-order valence-electron chi connectivity index (χ4n) is 1.69. The van der Waals surface area contributed by atoms with Gasteiger partial charge in [-0.25, -0.2) is 9.78 Å².